The minimum absolute atomic E-state index is 0.00458. The van der Waals surface area contributed by atoms with Crippen LogP contribution in [0, 0.1) is 17.3 Å². The molecule has 2 unspecified atom stereocenters. The molecule has 0 saturated heterocycles. The van der Waals surface area contributed by atoms with E-state index in [9.17, 15) is 9.90 Å². The Morgan fingerprint density at radius 2 is 2.24 bits per heavy atom. The summed E-state index contributed by atoms with van der Waals surface area (Å²) in [6, 6.07) is 0. The van der Waals surface area contributed by atoms with Gasteiger partial charge in [0.2, 0.25) is 0 Å². The van der Waals surface area contributed by atoms with Crippen molar-refractivity contribution in [2.45, 2.75) is 27.2 Å². The van der Waals surface area contributed by atoms with Crippen LogP contribution in [0.15, 0.2) is 23.8 Å². The first kappa shape index (κ1) is 14.0. The quantitative estimate of drug-likeness (QED) is 0.801. The van der Waals surface area contributed by atoms with E-state index in [2.05, 4.69) is 6.08 Å². The lowest BCUT2D eigenvalue weighted by molar-refractivity contribution is -0.151. The molecule has 0 heterocycles. The van der Waals surface area contributed by atoms with Crippen molar-refractivity contribution in [2.24, 2.45) is 17.3 Å². The van der Waals surface area contributed by atoms with Crippen LogP contribution in [0.1, 0.15) is 27.2 Å². The minimum Gasteiger partial charge on any atom is -0.481 e. The van der Waals surface area contributed by atoms with E-state index in [1.807, 2.05) is 32.9 Å². The zero-order valence-corrected chi connectivity index (χ0v) is 11.1. The highest BCUT2D eigenvalue weighted by molar-refractivity contribution is 5.79. The predicted molar refractivity (Wildman–Crippen MR) is 67.8 cm³/mol. The first-order valence-corrected chi connectivity index (χ1v) is 6.05. The van der Waals surface area contributed by atoms with E-state index in [1.165, 1.54) is 0 Å². The fraction of sp³-hybridized carbons (Fsp3) is 0.643. The third kappa shape index (κ3) is 2.60. The molecule has 1 aliphatic rings. The van der Waals surface area contributed by atoms with Crippen LogP contribution in [0.2, 0.25) is 0 Å². The Morgan fingerprint density at radius 1 is 1.59 bits per heavy atom. The lowest BCUT2D eigenvalue weighted by Crippen LogP contribution is -2.42. The molecule has 0 fully saturated rings. The highest BCUT2D eigenvalue weighted by Crippen LogP contribution is 2.43. The SMILES string of the molecule is COCCC1C=C(C)C=CC1(C(=O)O)C(C)C. The van der Waals surface area contributed by atoms with E-state index >= 15 is 0 Å². The number of aliphatic carboxylic acids is 1. The Balaban J connectivity index is 3.08. The molecule has 1 N–H and O–H groups in total. The number of allylic oxidation sites excluding steroid dienone is 3. The Kier molecular flexibility index (Phi) is 4.52. The van der Waals surface area contributed by atoms with Gasteiger partial charge in [-0.3, -0.25) is 4.79 Å². The molecular weight excluding hydrogens is 216 g/mol. The second-order valence-corrected chi connectivity index (χ2v) is 5.02. The smallest absolute Gasteiger partial charge is 0.314 e. The number of carbonyl (C=O) groups is 1. The van der Waals surface area contributed by atoms with E-state index in [4.69, 9.17) is 4.74 Å². The zero-order valence-electron chi connectivity index (χ0n) is 11.1. The number of hydrogen-bond donors (Lipinski definition) is 1. The minimum atomic E-state index is -0.794. The average Bonchev–Trinajstić information content (AvgIpc) is 2.25. The van der Waals surface area contributed by atoms with Gasteiger partial charge in [-0.25, -0.2) is 0 Å². The van der Waals surface area contributed by atoms with Gasteiger partial charge in [0, 0.05) is 13.7 Å². The van der Waals surface area contributed by atoms with Crippen LogP contribution in [-0.4, -0.2) is 24.8 Å². The maximum absolute atomic E-state index is 11.7. The fourth-order valence-electron chi connectivity index (χ4n) is 2.57. The predicted octanol–water partition coefficient (Wildman–Crippen LogP) is 2.88. The standard InChI is InChI=1S/C14H22O3/c1-10(2)14(13(15)16)7-5-11(3)9-12(14)6-8-17-4/h5,7,9-10,12H,6,8H2,1-4H3,(H,15,16). The van der Waals surface area contributed by atoms with Gasteiger partial charge in [-0.2, -0.15) is 0 Å². The molecular formula is C14H22O3. The van der Waals surface area contributed by atoms with E-state index < -0.39 is 11.4 Å². The lowest BCUT2D eigenvalue weighted by Gasteiger charge is -2.39. The first-order chi connectivity index (χ1) is 7.95. The van der Waals surface area contributed by atoms with Crippen LogP contribution >= 0.6 is 0 Å². The summed E-state index contributed by atoms with van der Waals surface area (Å²) in [6.07, 6.45) is 6.57. The molecule has 0 aliphatic heterocycles. The van der Waals surface area contributed by atoms with Crippen LogP contribution in [-0.2, 0) is 9.53 Å². The number of carboxylic acids is 1. The van der Waals surface area contributed by atoms with Crippen molar-refractivity contribution in [1.82, 2.24) is 0 Å². The van der Waals surface area contributed by atoms with Crippen molar-refractivity contribution in [3.8, 4) is 0 Å². The molecule has 0 radical (unpaired) electrons. The summed E-state index contributed by atoms with van der Waals surface area (Å²) in [5.74, 6) is -0.680. The van der Waals surface area contributed by atoms with Crippen molar-refractivity contribution in [2.75, 3.05) is 13.7 Å². The van der Waals surface area contributed by atoms with Gasteiger partial charge in [-0.15, -0.1) is 0 Å². The summed E-state index contributed by atoms with van der Waals surface area (Å²) in [7, 11) is 1.65. The van der Waals surface area contributed by atoms with Crippen LogP contribution in [0.25, 0.3) is 0 Å². The summed E-state index contributed by atoms with van der Waals surface area (Å²) in [5, 5.41) is 9.59. The number of ether oxygens (including phenoxy) is 1. The fourth-order valence-corrected chi connectivity index (χ4v) is 2.57. The molecule has 0 aromatic rings. The summed E-state index contributed by atoms with van der Waals surface area (Å²) in [4.78, 5) is 11.7. The summed E-state index contributed by atoms with van der Waals surface area (Å²) >= 11 is 0. The maximum atomic E-state index is 11.7. The summed E-state index contributed by atoms with van der Waals surface area (Å²) in [5.41, 5.74) is 0.335. The van der Waals surface area contributed by atoms with Crippen molar-refractivity contribution in [1.29, 1.82) is 0 Å². The van der Waals surface area contributed by atoms with Crippen molar-refractivity contribution in [3.05, 3.63) is 23.8 Å². The van der Waals surface area contributed by atoms with Gasteiger partial charge in [-0.1, -0.05) is 37.6 Å². The average molecular weight is 238 g/mol. The number of carboxylic acid groups (broad SMARTS) is 1. The molecule has 2 atom stereocenters. The topological polar surface area (TPSA) is 46.5 Å². The highest BCUT2D eigenvalue weighted by Gasteiger charge is 2.46. The van der Waals surface area contributed by atoms with Crippen LogP contribution < -0.4 is 0 Å². The van der Waals surface area contributed by atoms with Crippen LogP contribution in [0.4, 0.5) is 0 Å². The van der Waals surface area contributed by atoms with Gasteiger partial charge in [0.1, 0.15) is 0 Å². The second-order valence-electron chi connectivity index (χ2n) is 5.02. The Labute approximate surface area is 103 Å². The molecule has 0 aromatic heterocycles. The zero-order chi connectivity index (χ0) is 13.1. The van der Waals surface area contributed by atoms with Crippen LogP contribution in [0.3, 0.4) is 0 Å². The third-order valence-electron chi connectivity index (χ3n) is 3.66. The largest absolute Gasteiger partial charge is 0.481 e. The third-order valence-corrected chi connectivity index (χ3v) is 3.66. The molecule has 0 amide bonds. The Bertz CT molecular complexity index is 341. The molecule has 1 rings (SSSR count). The van der Waals surface area contributed by atoms with E-state index in [0.717, 1.165) is 12.0 Å². The molecule has 0 spiro atoms. The molecule has 17 heavy (non-hydrogen) atoms. The van der Waals surface area contributed by atoms with Crippen molar-refractivity contribution in [3.63, 3.8) is 0 Å². The van der Waals surface area contributed by atoms with E-state index in [0.29, 0.717) is 6.61 Å². The van der Waals surface area contributed by atoms with Gasteiger partial charge < -0.3 is 9.84 Å². The molecule has 0 saturated carbocycles. The van der Waals surface area contributed by atoms with Gasteiger partial charge in [-0.05, 0) is 25.2 Å². The first-order valence-electron chi connectivity index (χ1n) is 6.05. The highest BCUT2D eigenvalue weighted by atomic mass is 16.5. The maximum Gasteiger partial charge on any atom is 0.314 e. The molecule has 3 heteroatoms. The normalized spacial score (nSPS) is 28.3. The van der Waals surface area contributed by atoms with Crippen molar-refractivity contribution >= 4 is 5.97 Å². The molecule has 96 valence electrons. The van der Waals surface area contributed by atoms with E-state index in [1.54, 1.807) is 7.11 Å². The van der Waals surface area contributed by atoms with Crippen molar-refractivity contribution < 1.29 is 14.6 Å². The van der Waals surface area contributed by atoms with Gasteiger partial charge in [0.05, 0.1) is 5.41 Å². The monoisotopic (exact) mass is 238 g/mol. The van der Waals surface area contributed by atoms with Gasteiger partial charge in [0.15, 0.2) is 0 Å². The Hall–Kier alpha value is -1.09. The molecule has 3 nitrogen and oxygen atoms in total. The second kappa shape index (κ2) is 5.50. The molecule has 0 bridgehead atoms. The lowest BCUT2D eigenvalue weighted by atomic mass is 9.64. The molecule has 0 aromatic carbocycles. The number of rotatable bonds is 5. The van der Waals surface area contributed by atoms with E-state index in [-0.39, 0.29) is 11.8 Å². The van der Waals surface area contributed by atoms with Gasteiger partial charge in [0.25, 0.3) is 0 Å². The Morgan fingerprint density at radius 3 is 2.71 bits per heavy atom. The summed E-state index contributed by atoms with van der Waals surface area (Å²) < 4.78 is 5.09. The number of hydrogen-bond acceptors (Lipinski definition) is 2. The van der Waals surface area contributed by atoms with Gasteiger partial charge >= 0.3 is 5.97 Å². The molecule has 1 aliphatic carbocycles. The number of methoxy groups -OCH3 is 1. The summed E-state index contributed by atoms with van der Waals surface area (Å²) in [6.45, 7) is 6.52. The van der Waals surface area contributed by atoms with Crippen LogP contribution in [0.5, 0.6) is 0 Å².